The van der Waals surface area contributed by atoms with Gasteiger partial charge < -0.3 is 24.4 Å². The first kappa shape index (κ1) is 26.1. The molecule has 2 amide bonds. The van der Waals surface area contributed by atoms with Crippen molar-refractivity contribution in [2.24, 2.45) is 5.92 Å². The second kappa shape index (κ2) is 11.8. The number of hydrogen-bond acceptors (Lipinski definition) is 6. The summed E-state index contributed by atoms with van der Waals surface area (Å²) in [5.74, 6) is 4.50. The number of ether oxygens (including phenoxy) is 2. The molecule has 0 aliphatic carbocycles. The maximum atomic E-state index is 13.6. The van der Waals surface area contributed by atoms with Crippen LogP contribution in [0.3, 0.4) is 0 Å². The van der Waals surface area contributed by atoms with E-state index in [0.29, 0.717) is 12.1 Å². The van der Waals surface area contributed by atoms with E-state index in [0.717, 1.165) is 0 Å². The maximum absolute atomic E-state index is 13.6. The van der Waals surface area contributed by atoms with Crippen molar-refractivity contribution in [2.45, 2.75) is 26.0 Å². The summed E-state index contributed by atoms with van der Waals surface area (Å²) in [6.07, 6.45) is 0.996. The Hall–Kier alpha value is -3.48. The molecular formula is C26H30FN3O5. The molecule has 0 fully saturated rings. The summed E-state index contributed by atoms with van der Waals surface area (Å²) in [6.45, 7) is 4.18. The molecule has 1 N–H and O–H groups in total. The second-order valence-corrected chi connectivity index (χ2v) is 8.63. The number of nitrogens with zero attached hydrogens (tertiary/aromatic N) is 3. The summed E-state index contributed by atoms with van der Waals surface area (Å²) in [5, 5.41) is 9.77. The largest absolute Gasteiger partial charge is 0.472 e. The minimum Gasteiger partial charge on any atom is -0.472 e. The first-order valence-electron chi connectivity index (χ1n) is 11.3. The van der Waals surface area contributed by atoms with Crippen LogP contribution in [0.15, 0.2) is 36.5 Å². The highest BCUT2D eigenvalue weighted by atomic mass is 19.1. The van der Waals surface area contributed by atoms with Gasteiger partial charge in [0.25, 0.3) is 11.8 Å². The molecule has 3 atom stereocenters. The van der Waals surface area contributed by atoms with Gasteiger partial charge in [-0.2, -0.15) is 0 Å². The van der Waals surface area contributed by atoms with Crippen LogP contribution < -0.4 is 4.74 Å². The van der Waals surface area contributed by atoms with E-state index in [9.17, 15) is 19.1 Å². The fourth-order valence-corrected chi connectivity index (χ4v) is 3.79. The van der Waals surface area contributed by atoms with Crippen molar-refractivity contribution in [3.05, 3.63) is 59.0 Å². The van der Waals surface area contributed by atoms with Gasteiger partial charge in [-0.1, -0.05) is 24.8 Å². The standard InChI is InChI=1S/C26H30FN3O5/c1-17-14-30(18(2)16-31)26(33)22-11-19(7-6-10-34-4)13-28-24(22)35-23(17)15-29(3)25(32)20-8-5-9-21(27)12-20/h5,8-9,11-13,17-18,23,31H,10,14-16H2,1-4H3/t17-,18-,23-/m1/s1. The quantitative estimate of drug-likeness (QED) is 0.634. The molecule has 1 aromatic heterocycles. The average molecular weight is 484 g/mol. The SMILES string of the molecule is COCC#Cc1cnc2c(c1)C(=O)N([C@H](C)CO)C[C@@H](C)[C@@H](CN(C)C(=O)c1cccc(F)c1)O2. The van der Waals surface area contributed by atoms with Crippen LogP contribution in [0.2, 0.25) is 0 Å². The predicted octanol–water partition coefficient (Wildman–Crippen LogP) is 2.21. The van der Waals surface area contributed by atoms with E-state index in [1.54, 1.807) is 31.0 Å². The zero-order chi connectivity index (χ0) is 25.5. The molecular weight excluding hydrogens is 453 g/mol. The van der Waals surface area contributed by atoms with Crippen LogP contribution in [0, 0.1) is 23.6 Å². The molecule has 2 heterocycles. The number of aliphatic hydroxyl groups is 1. The topological polar surface area (TPSA) is 92.2 Å². The van der Waals surface area contributed by atoms with Gasteiger partial charge in [0.15, 0.2) is 0 Å². The number of methoxy groups -OCH3 is 1. The van der Waals surface area contributed by atoms with Gasteiger partial charge >= 0.3 is 0 Å². The van der Waals surface area contributed by atoms with Gasteiger partial charge in [0.1, 0.15) is 24.1 Å². The molecule has 0 unspecified atom stereocenters. The van der Waals surface area contributed by atoms with Crippen LogP contribution in [-0.2, 0) is 4.74 Å². The molecule has 1 aliphatic heterocycles. The minimum atomic E-state index is -0.518. The van der Waals surface area contributed by atoms with E-state index < -0.39 is 18.0 Å². The number of pyridine rings is 1. The van der Waals surface area contributed by atoms with Gasteiger partial charge in [-0.3, -0.25) is 9.59 Å². The van der Waals surface area contributed by atoms with E-state index in [4.69, 9.17) is 9.47 Å². The number of likely N-dealkylation sites (N-methyl/N-ethyl adjacent to an activating group) is 1. The van der Waals surface area contributed by atoms with Crippen molar-refractivity contribution in [3.8, 4) is 17.7 Å². The van der Waals surface area contributed by atoms with Crippen LogP contribution >= 0.6 is 0 Å². The van der Waals surface area contributed by atoms with Gasteiger partial charge in [0.2, 0.25) is 5.88 Å². The molecule has 0 saturated heterocycles. The Morgan fingerprint density at radius 1 is 1.43 bits per heavy atom. The van der Waals surface area contributed by atoms with E-state index in [1.807, 2.05) is 6.92 Å². The Morgan fingerprint density at radius 3 is 2.89 bits per heavy atom. The number of carbonyl (C=O) groups is 2. The lowest BCUT2D eigenvalue weighted by Gasteiger charge is -2.37. The van der Waals surface area contributed by atoms with Gasteiger partial charge in [0, 0.05) is 43.9 Å². The summed E-state index contributed by atoms with van der Waals surface area (Å²) in [7, 11) is 3.15. The lowest BCUT2D eigenvalue weighted by Crippen LogP contribution is -2.50. The van der Waals surface area contributed by atoms with Gasteiger partial charge in [0.05, 0.1) is 19.2 Å². The van der Waals surface area contributed by atoms with Crippen LogP contribution in [0.5, 0.6) is 5.88 Å². The fourth-order valence-electron chi connectivity index (χ4n) is 3.79. The zero-order valence-electron chi connectivity index (χ0n) is 20.3. The second-order valence-electron chi connectivity index (χ2n) is 8.63. The van der Waals surface area contributed by atoms with Crippen molar-refractivity contribution >= 4 is 11.8 Å². The number of aromatic nitrogens is 1. The van der Waals surface area contributed by atoms with Crippen molar-refractivity contribution in [1.29, 1.82) is 0 Å². The highest BCUT2D eigenvalue weighted by molar-refractivity contribution is 5.97. The summed E-state index contributed by atoms with van der Waals surface area (Å²) in [5.41, 5.74) is 0.984. The molecule has 2 aromatic rings. The van der Waals surface area contributed by atoms with E-state index >= 15 is 0 Å². The number of carbonyl (C=O) groups excluding carboxylic acids is 2. The van der Waals surface area contributed by atoms with Gasteiger partial charge in [-0.25, -0.2) is 9.37 Å². The smallest absolute Gasteiger partial charge is 0.259 e. The summed E-state index contributed by atoms with van der Waals surface area (Å²) in [6, 6.07) is 6.68. The van der Waals surface area contributed by atoms with Crippen LogP contribution in [-0.4, -0.2) is 84.3 Å². The third kappa shape index (κ3) is 6.35. The molecule has 186 valence electrons. The summed E-state index contributed by atoms with van der Waals surface area (Å²) < 4.78 is 24.7. The lowest BCUT2D eigenvalue weighted by atomic mass is 9.99. The number of aliphatic hydroxyl groups excluding tert-OH is 1. The number of benzene rings is 1. The molecule has 9 heteroatoms. The molecule has 0 bridgehead atoms. The van der Waals surface area contributed by atoms with E-state index in [1.165, 1.54) is 36.4 Å². The highest BCUT2D eigenvalue weighted by Crippen LogP contribution is 2.27. The molecule has 35 heavy (non-hydrogen) atoms. The Labute approximate surface area is 204 Å². The van der Waals surface area contributed by atoms with Gasteiger partial charge in [-0.05, 0) is 31.2 Å². The molecule has 0 saturated carbocycles. The number of amides is 2. The molecule has 0 spiro atoms. The summed E-state index contributed by atoms with van der Waals surface area (Å²) >= 11 is 0. The van der Waals surface area contributed by atoms with Gasteiger partial charge in [-0.15, -0.1) is 0 Å². The van der Waals surface area contributed by atoms with Crippen molar-refractivity contribution in [2.75, 3.05) is 40.5 Å². The van der Waals surface area contributed by atoms with Crippen molar-refractivity contribution in [1.82, 2.24) is 14.8 Å². The number of halogens is 1. The van der Waals surface area contributed by atoms with E-state index in [-0.39, 0.29) is 54.5 Å². The Bertz CT molecular complexity index is 1130. The lowest BCUT2D eigenvalue weighted by molar-refractivity contribution is 0.0313. The monoisotopic (exact) mass is 483 g/mol. The highest BCUT2D eigenvalue weighted by Gasteiger charge is 2.34. The molecule has 0 radical (unpaired) electrons. The molecule has 1 aliphatic rings. The third-order valence-corrected chi connectivity index (χ3v) is 5.84. The fraction of sp³-hybridized carbons (Fsp3) is 0.423. The maximum Gasteiger partial charge on any atom is 0.259 e. The van der Waals surface area contributed by atoms with Crippen molar-refractivity contribution in [3.63, 3.8) is 0 Å². The normalized spacial score (nSPS) is 18.3. The average Bonchev–Trinajstić information content (AvgIpc) is 2.85. The molecule has 3 rings (SSSR count). The third-order valence-electron chi connectivity index (χ3n) is 5.84. The zero-order valence-corrected chi connectivity index (χ0v) is 20.3. The molecule has 1 aromatic carbocycles. The predicted molar refractivity (Wildman–Crippen MR) is 128 cm³/mol. The number of hydrogen-bond donors (Lipinski definition) is 1. The Morgan fingerprint density at radius 2 is 2.20 bits per heavy atom. The first-order chi connectivity index (χ1) is 16.7. The van der Waals surface area contributed by atoms with E-state index in [2.05, 4.69) is 16.8 Å². The van der Waals surface area contributed by atoms with Crippen LogP contribution in [0.4, 0.5) is 4.39 Å². The molecule has 8 nitrogen and oxygen atoms in total. The first-order valence-corrected chi connectivity index (χ1v) is 11.3. The number of fused-ring (bicyclic) bond motifs is 1. The summed E-state index contributed by atoms with van der Waals surface area (Å²) in [4.78, 5) is 33.7. The minimum absolute atomic E-state index is 0.130. The Balaban J connectivity index is 1.93. The van der Waals surface area contributed by atoms with Crippen molar-refractivity contribution < 1.29 is 28.6 Å². The number of rotatable bonds is 6. The van der Waals surface area contributed by atoms with Crippen LogP contribution in [0.1, 0.15) is 40.1 Å². The Kier molecular flexibility index (Phi) is 8.79. The van der Waals surface area contributed by atoms with Crippen LogP contribution in [0.25, 0.3) is 0 Å².